The van der Waals surface area contributed by atoms with Gasteiger partial charge in [-0.3, -0.25) is 9.69 Å². The minimum Gasteiger partial charge on any atom is -0.437 e. The van der Waals surface area contributed by atoms with Gasteiger partial charge in [-0.25, -0.2) is 0 Å². The molecule has 2 aromatic carbocycles. The second-order valence-corrected chi connectivity index (χ2v) is 8.75. The van der Waals surface area contributed by atoms with E-state index in [0.717, 1.165) is 0 Å². The highest BCUT2D eigenvalue weighted by atomic mass is 35.5. The zero-order chi connectivity index (χ0) is 20.4. The maximum Gasteiger partial charge on any atom is 0.554 e. The molecule has 3 aromatic rings. The van der Waals surface area contributed by atoms with Gasteiger partial charge in [-0.1, -0.05) is 41.4 Å². The van der Waals surface area contributed by atoms with Gasteiger partial charge in [-0.15, -0.1) is 0 Å². The third-order valence-corrected chi connectivity index (χ3v) is 6.11. The first-order valence-electron chi connectivity index (χ1n) is 8.40. The van der Waals surface area contributed by atoms with E-state index in [9.17, 15) is 14.7 Å². The molecule has 5 nitrogen and oxygen atoms in total. The Morgan fingerprint density at radius 2 is 1.79 bits per heavy atom. The van der Waals surface area contributed by atoms with Crippen LogP contribution in [0.5, 0.6) is 0 Å². The molecule has 8 heteroatoms. The number of benzene rings is 2. The summed E-state index contributed by atoms with van der Waals surface area (Å²) in [7, 11) is -1.26. The Morgan fingerprint density at radius 1 is 1.11 bits per heavy atom. The van der Waals surface area contributed by atoms with Gasteiger partial charge in [-0.05, 0) is 44.2 Å². The number of hydrogen-bond donors (Lipinski definition) is 1. The maximum atomic E-state index is 13.2. The zero-order valence-electron chi connectivity index (χ0n) is 15.1. The number of rotatable bonds is 5. The van der Waals surface area contributed by atoms with Crippen LogP contribution in [0.3, 0.4) is 0 Å². The Bertz CT molecular complexity index is 1040. The molecule has 1 atom stereocenters. The standard InChI is InChI=1S/C20H16Cl2N2O3S/c1-12(2)24(19(25)15-9-8-14(21)10-16(15)22)17-11-28(20(26)27)18(23-17)13-6-4-3-5-7-13/h3-12H,1-2H3/p+1. The van der Waals surface area contributed by atoms with E-state index in [4.69, 9.17) is 23.2 Å². The first-order valence-corrected chi connectivity index (χ1v) is 10.4. The average molecular weight is 436 g/mol. The second kappa shape index (κ2) is 8.31. The average Bonchev–Trinajstić information content (AvgIpc) is 3.07. The molecule has 0 fully saturated rings. The van der Waals surface area contributed by atoms with Gasteiger partial charge in [0.15, 0.2) is 11.2 Å². The molecule has 144 valence electrons. The van der Waals surface area contributed by atoms with Crippen molar-refractivity contribution in [3.05, 3.63) is 69.5 Å². The van der Waals surface area contributed by atoms with Gasteiger partial charge in [-0.2, -0.15) is 9.78 Å². The fourth-order valence-corrected chi connectivity index (χ4v) is 4.58. The highest BCUT2D eigenvalue weighted by molar-refractivity contribution is 7.51. The Morgan fingerprint density at radius 3 is 2.36 bits per heavy atom. The quantitative estimate of drug-likeness (QED) is 0.471. The lowest BCUT2D eigenvalue weighted by Gasteiger charge is -2.24. The molecule has 0 radical (unpaired) electrons. The smallest absolute Gasteiger partial charge is 0.437 e. The summed E-state index contributed by atoms with van der Waals surface area (Å²) in [6.45, 7) is 3.66. The van der Waals surface area contributed by atoms with E-state index >= 15 is 0 Å². The first-order chi connectivity index (χ1) is 13.3. The molecule has 1 unspecified atom stereocenters. The zero-order valence-corrected chi connectivity index (χ0v) is 17.4. The summed E-state index contributed by atoms with van der Waals surface area (Å²) < 4.78 is 0. The molecule has 3 rings (SSSR count). The monoisotopic (exact) mass is 435 g/mol. The van der Waals surface area contributed by atoms with Crippen LogP contribution in [-0.4, -0.2) is 27.3 Å². The van der Waals surface area contributed by atoms with Crippen LogP contribution in [0.25, 0.3) is 10.6 Å². The Labute approximate surface area is 175 Å². The molecule has 0 saturated carbocycles. The number of hydrogen-bond acceptors (Lipinski definition) is 3. The summed E-state index contributed by atoms with van der Waals surface area (Å²) in [6.07, 6.45) is 0. The normalized spacial score (nSPS) is 11.5. The van der Waals surface area contributed by atoms with E-state index in [0.29, 0.717) is 21.4 Å². The molecule has 1 aromatic heterocycles. The number of amides is 1. The van der Waals surface area contributed by atoms with Gasteiger partial charge in [0.2, 0.25) is 0 Å². The van der Waals surface area contributed by atoms with Gasteiger partial charge < -0.3 is 5.11 Å². The predicted molar refractivity (Wildman–Crippen MR) is 114 cm³/mol. The number of carboxylic acid groups (broad SMARTS) is 1. The van der Waals surface area contributed by atoms with Crippen molar-refractivity contribution in [3.63, 3.8) is 0 Å². The summed E-state index contributed by atoms with van der Waals surface area (Å²) in [5.74, 6) is -0.0643. The lowest BCUT2D eigenvalue weighted by atomic mass is 10.1. The molecule has 1 amide bonds. The van der Waals surface area contributed by atoms with Crippen LogP contribution < -0.4 is 4.90 Å². The van der Waals surface area contributed by atoms with Crippen molar-refractivity contribution in [2.45, 2.75) is 19.9 Å². The molecule has 28 heavy (non-hydrogen) atoms. The van der Waals surface area contributed by atoms with Crippen LogP contribution >= 0.6 is 33.7 Å². The number of nitrogens with zero attached hydrogens (tertiary/aromatic N) is 2. The van der Waals surface area contributed by atoms with Crippen LogP contribution in [0.15, 0.2) is 53.9 Å². The minimum absolute atomic E-state index is 0.228. The van der Waals surface area contributed by atoms with Crippen LogP contribution in [0.1, 0.15) is 24.2 Å². The third-order valence-electron chi connectivity index (χ3n) is 4.00. The van der Waals surface area contributed by atoms with Crippen molar-refractivity contribution >= 4 is 50.7 Å². The minimum atomic E-state index is -1.26. The summed E-state index contributed by atoms with van der Waals surface area (Å²) >= 11 is 12.1. The maximum absolute atomic E-state index is 13.2. The SMILES string of the molecule is CC(C)N(C(=O)c1ccc(Cl)cc1Cl)c1c[s+](C(=O)O)c(-c2ccccc2)n1. The van der Waals surface area contributed by atoms with Crippen LogP contribution in [0.2, 0.25) is 10.0 Å². The van der Waals surface area contributed by atoms with Crippen molar-refractivity contribution in [2.24, 2.45) is 0 Å². The number of aromatic nitrogens is 1. The van der Waals surface area contributed by atoms with Crippen molar-refractivity contribution in [3.8, 4) is 10.6 Å². The van der Waals surface area contributed by atoms with Crippen LogP contribution in [0, 0.1) is 0 Å². The van der Waals surface area contributed by atoms with E-state index in [1.54, 1.807) is 24.3 Å². The number of carbonyl (C=O) groups excluding carboxylic acids is 1. The lowest BCUT2D eigenvalue weighted by molar-refractivity contribution is 0.0979. The lowest BCUT2D eigenvalue weighted by Crippen LogP contribution is -2.37. The number of halogens is 2. The topological polar surface area (TPSA) is 70.5 Å². The fraction of sp³-hybridized carbons (Fsp3) is 0.150. The Kier molecular flexibility index (Phi) is 6.03. The molecule has 0 aliphatic rings. The summed E-state index contributed by atoms with van der Waals surface area (Å²) in [4.78, 5) is 30.9. The van der Waals surface area contributed by atoms with Crippen molar-refractivity contribution in [2.75, 3.05) is 4.90 Å². The van der Waals surface area contributed by atoms with Gasteiger partial charge in [0.1, 0.15) is 10.5 Å². The van der Waals surface area contributed by atoms with E-state index in [1.807, 2.05) is 32.0 Å². The van der Waals surface area contributed by atoms with Gasteiger partial charge in [0.05, 0.1) is 16.1 Å². The van der Waals surface area contributed by atoms with Gasteiger partial charge >= 0.3 is 5.30 Å². The Hall–Kier alpha value is -2.41. The predicted octanol–water partition coefficient (Wildman–Crippen LogP) is 6.39. The molecule has 0 aliphatic heterocycles. The molecule has 0 spiro atoms. The first kappa shape index (κ1) is 20.3. The number of thiazole rings is 1. The number of carbonyl (C=O) groups is 2. The van der Waals surface area contributed by atoms with E-state index in [2.05, 4.69) is 4.98 Å². The summed E-state index contributed by atoms with van der Waals surface area (Å²) in [6, 6.07) is 13.5. The van der Waals surface area contributed by atoms with Crippen molar-refractivity contribution in [1.29, 1.82) is 0 Å². The fourth-order valence-electron chi connectivity index (χ4n) is 2.75. The molecule has 0 aliphatic carbocycles. The number of anilines is 1. The second-order valence-electron chi connectivity index (χ2n) is 6.26. The molecular formula is C20H17Cl2N2O3S+. The largest absolute Gasteiger partial charge is 0.554 e. The Balaban J connectivity index is 2.10. The van der Waals surface area contributed by atoms with Gasteiger partial charge in [0.25, 0.3) is 10.9 Å². The highest BCUT2D eigenvalue weighted by Gasteiger charge is 2.34. The van der Waals surface area contributed by atoms with Crippen LogP contribution in [0.4, 0.5) is 10.6 Å². The third kappa shape index (κ3) is 4.04. The van der Waals surface area contributed by atoms with E-state index in [-0.39, 0.29) is 22.5 Å². The molecule has 0 saturated heterocycles. The van der Waals surface area contributed by atoms with E-state index < -0.39 is 15.8 Å². The van der Waals surface area contributed by atoms with Crippen molar-refractivity contribution in [1.82, 2.24) is 4.98 Å². The molecule has 1 heterocycles. The molecule has 0 bridgehead atoms. The summed E-state index contributed by atoms with van der Waals surface area (Å²) in [5, 5.41) is 11.3. The van der Waals surface area contributed by atoms with Crippen molar-refractivity contribution < 1.29 is 14.7 Å². The van der Waals surface area contributed by atoms with Crippen LogP contribution in [-0.2, 0) is 0 Å². The van der Waals surface area contributed by atoms with E-state index in [1.165, 1.54) is 16.3 Å². The molecule has 1 N–H and O–H groups in total. The van der Waals surface area contributed by atoms with Gasteiger partial charge in [0, 0.05) is 11.1 Å². The molecular weight excluding hydrogens is 419 g/mol. The summed E-state index contributed by atoms with van der Waals surface area (Å²) in [5.41, 5.74) is 0.986. The highest BCUT2D eigenvalue weighted by Crippen LogP contribution is 2.38.